The van der Waals surface area contributed by atoms with Crippen LogP contribution in [0.3, 0.4) is 0 Å². The van der Waals surface area contributed by atoms with Crippen LogP contribution >= 0.6 is 0 Å². The van der Waals surface area contributed by atoms with Crippen molar-refractivity contribution in [1.82, 2.24) is 4.98 Å². The fourth-order valence-electron chi connectivity index (χ4n) is 0.826. The van der Waals surface area contributed by atoms with Gasteiger partial charge in [-0.15, -0.1) is 0 Å². The van der Waals surface area contributed by atoms with Gasteiger partial charge >= 0.3 is 0 Å². The molecule has 0 aliphatic heterocycles. The van der Waals surface area contributed by atoms with E-state index in [0.29, 0.717) is 0 Å². The Morgan fingerprint density at radius 1 is 1.70 bits per heavy atom. The van der Waals surface area contributed by atoms with E-state index in [-0.39, 0.29) is 0 Å². The molecule has 0 atom stereocenters. The molecular formula is C9H11N. The van der Waals surface area contributed by atoms with Crippen LogP contribution in [0.5, 0.6) is 0 Å². The molecule has 0 fully saturated rings. The Hall–Kier alpha value is -1.11. The van der Waals surface area contributed by atoms with Crippen LogP contribution in [0.4, 0.5) is 0 Å². The van der Waals surface area contributed by atoms with Crippen molar-refractivity contribution in [1.29, 1.82) is 0 Å². The van der Waals surface area contributed by atoms with Crippen LogP contribution in [-0.2, 0) is 6.42 Å². The fraction of sp³-hybridized carbons (Fsp3) is 0.222. The maximum atomic E-state index is 4.09. The largest absolute Gasteiger partial charge is 0.257 e. The molecule has 1 heteroatoms. The molecule has 0 aliphatic carbocycles. The molecule has 0 saturated carbocycles. The van der Waals surface area contributed by atoms with Gasteiger partial charge in [-0.25, -0.2) is 0 Å². The van der Waals surface area contributed by atoms with Gasteiger partial charge in [0.1, 0.15) is 0 Å². The molecule has 0 N–H and O–H groups in total. The molecule has 0 aromatic carbocycles. The smallest absolute Gasteiger partial charge is 0.0626 e. The van der Waals surface area contributed by atoms with Crippen molar-refractivity contribution in [3.63, 3.8) is 0 Å². The van der Waals surface area contributed by atoms with Gasteiger partial charge in [0.05, 0.1) is 5.69 Å². The van der Waals surface area contributed by atoms with Gasteiger partial charge in [-0.1, -0.05) is 13.5 Å². The Balaban J connectivity index is 2.98. The van der Waals surface area contributed by atoms with Gasteiger partial charge in [0, 0.05) is 6.20 Å². The van der Waals surface area contributed by atoms with Gasteiger partial charge < -0.3 is 0 Å². The van der Waals surface area contributed by atoms with Crippen LogP contribution in [0.2, 0.25) is 0 Å². The zero-order valence-electron chi connectivity index (χ0n) is 6.17. The normalized spacial score (nSPS) is 9.30. The average Bonchev–Trinajstić information content (AvgIpc) is 2.05. The summed E-state index contributed by atoms with van der Waals surface area (Å²) in [6.07, 6.45) is 4.64. The highest BCUT2D eigenvalue weighted by Crippen LogP contribution is 2.02. The second kappa shape index (κ2) is 3.16. The van der Waals surface area contributed by atoms with Crippen LogP contribution < -0.4 is 0 Å². The first-order valence-electron chi connectivity index (χ1n) is 3.44. The van der Waals surface area contributed by atoms with E-state index >= 15 is 0 Å². The standard InChI is InChI=1S/C9H11N/c1-3-8-5-6-10-9(4-2)7-8/h4-7H,2-3H2,1H3. The molecule has 52 valence electrons. The molecule has 0 bridgehead atoms. The summed E-state index contributed by atoms with van der Waals surface area (Å²) in [5.74, 6) is 0. The number of hydrogen-bond donors (Lipinski definition) is 0. The molecular weight excluding hydrogens is 122 g/mol. The molecule has 0 unspecified atom stereocenters. The molecule has 1 aromatic heterocycles. The van der Waals surface area contributed by atoms with E-state index in [9.17, 15) is 0 Å². The number of hydrogen-bond acceptors (Lipinski definition) is 1. The van der Waals surface area contributed by atoms with Crippen molar-refractivity contribution in [2.45, 2.75) is 13.3 Å². The van der Waals surface area contributed by atoms with Gasteiger partial charge in [0.15, 0.2) is 0 Å². The third kappa shape index (κ3) is 1.44. The lowest BCUT2D eigenvalue weighted by Gasteiger charge is -1.95. The van der Waals surface area contributed by atoms with E-state index in [1.165, 1.54) is 5.56 Å². The summed E-state index contributed by atoms with van der Waals surface area (Å²) in [5, 5.41) is 0. The van der Waals surface area contributed by atoms with Gasteiger partial charge in [0.2, 0.25) is 0 Å². The Kier molecular flexibility index (Phi) is 2.21. The van der Waals surface area contributed by atoms with Crippen LogP contribution in [-0.4, -0.2) is 4.98 Å². The lowest BCUT2D eigenvalue weighted by atomic mass is 10.2. The Morgan fingerprint density at radius 2 is 2.50 bits per heavy atom. The Morgan fingerprint density at radius 3 is 3.10 bits per heavy atom. The van der Waals surface area contributed by atoms with Crippen molar-refractivity contribution in [3.05, 3.63) is 36.2 Å². The van der Waals surface area contributed by atoms with Crippen molar-refractivity contribution >= 4 is 6.08 Å². The van der Waals surface area contributed by atoms with Crippen molar-refractivity contribution in [2.24, 2.45) is 0 Å². The highest BCUT2D eigenvalue weighted by Gasteiger charge is 1.88. The second-order valence-electron chi connectivity index (χ2n) is 2.15. The summed E-state index contributed by atoms with van der Waals surface area (Å²) in [5.41, 5.74) is 2.27. The molecule has 0 amide bonds. The third-order valence-electron chi connectivity index (χ3n) is 1.46. The molecule has 1 nitrogen and oxygen atoms in total. The number of rotatable bonds is 2. The molecule has 0 saturated heterocycles. The summed E-state index contributed by atoms with van der Waals surface area (Å²) in [7, 11) is 0. The maximum Gasteiger partial charge on any atom is 0.0626 e. The van der Waals surface area contributed by atoms with E-state index in [1.54, 1.807) is 6.08 Å². The number of aryl methyl sites for hydroxylation is 1. The third-order valence-corrected chi connectivity index (χ3v) is 1.46. The first-order chi connectivity index (χ1) is 4.86. The first kappa shape index (κ1) is 7.00. The summed E-state index contributed by atoms with van der Waals surface area (Å²) >= 11 is 0. The lowest BCUT2D eigenvalue weighted by Crippen LogP contribution is -1.83. The van der Waals surface area contributed by atoms with Gasteiger partial charge in [-0.05, 0) is 30.2 Å². The highest BCUT2D eigenvalue weighted by atomic mass is 14.6. The zero-order valence-corrected chi connectivity index (χ0v) is 6.17. The van der Waals surface area contributed by atoms with E-state index in [0.717, 1.165) is 12.1 Å². The Labute approximate surface area is 61.4 Å². The van der Waals surface area contributed by atoms with E-state index in [4.69, 9.17) is 0 Å². The van der Waals surface area contributed by atoms with Gasteiger partial charge in [0.25, 0.3) is 0 Å². The molecule has 0 spiro atoms. The number of pyridine rings is 1. The van der Waals surface area contributed by atoms with Crippen LogP contribution in [0.1, 0.15) is 18.2 Å². The highest BCUT2D eigenvalue weighted by molar-refractivity contribution is 5.42. The molecule has 0 radical (unpaired) electrons. The predicted molar refractivity (Wildman–Crippen MR) is 43.7 cm³/mol. The van der Waals surface area contributed by atoms with E-state index < -0.39 is 0 Å². The monoisotopic (exact) mass is 133 g/mol. The van der Waals surface area contributed by atoms with Crippen LogP contribution in [0.25, 0.3) is 6.08 Å². The average molecular weight is 133 g/mol. The minimum absolute atomic E-state index is 0.958. The molecule has 1 rings (SSSR count). The predicted octanol–water partition coefficient (Wildman–Crippen LogP) is 2.29. The van der Waals surface area contributed by atoms with Crippen molar-refractivity contribution in [2.75, 3.05) is 0 Å². The maximum absolute atomic E-state index is 4.09. The molecule has 0 aliphatic rings. The summed E-state index contributed by atoms with van der Waals surface area (Å²) < 4.78 is 0. The summed E-state index contributed by atoms with van der Waals surface area (Å²) in [6.45, 7) is 5.77. The van der Waals surface area contributed by atoms with E-state index in [1.807, 2.05) is 18.3 Å². The van der Waals surface area contributed by atoms with Crippen molar-refractivity contribution < 1.29 is 0 Å². The number of nitrogens with zero attached hydrogens (tertiary/aromatic N) is 1. The van der Waals surface area contributed by atoms with E-state index in [2.05, 4.69) is 18.5 Å². The second-order valence-corrected chi connectivity index (χ2v) is 2.15. The van der Waals surface area contributed by atoms with Gasteiger partial charge in [-0.2, -0.15) is 0 Å². The molecule has 10 heavy (non-hydrogen) atoms. The minimum atomic E-state index is 0.958. The van der Waals surface area contributed by atoms with Crippen molar-refractivity contribution in [3.8, 4) is 0 Å². The minimum Gasteiger partial charge on any atom is -0.257 e. The molecule has 1 aromatic rings. The quantitative estimate of drug-likeness (QED) is 0.603. The SMILES string of the molecule is C=Cc1cc(CC)ccn1. The molecule has 1 heterocycles. The first-order valence-corrected chi connectivity index (χ1v) is 3.44. The van der Waals surface area contributed by atoms with Gasteiger partial charge in [-0.3, -0.25) is 4.98 Å². The zero-order chi connectivity index (χ0) is 7.40. The Bertz CT molecular complexity index is 228. The van der Waals surface area contributed by atoms with Crippen LogP contribution in [0.15, 0.2) is 24.9 Å². The number of aromatic nitrogens is 1. The summed E-state index contributed by atoms with van der Waals surface area (Å²) in [6, 6.07) is 4.07. The topological polar surface area (TPSA) is 12.9 Å². The fourth-order valence-corrected chi connectivity index (χ4v) is 0.826. The van der Waals surface area contributed by atoms with Crippen LogP contribution in [0, 0.1) is 0 Å². The lowest BCUT2D eigenvalue weighted by molar-refractivity contribution is 1.11. The summed E-state index contributed by atoms with van der Waals surface area (Å²) in [4.78, 5) is 4.09.